The minimum atomic E-state index is 0.907. The molecule has 0 aromatic heterocycles. The maximum absolute atomic E-state index is 6.06. The summed E-state index contributed by atoms with van der Waals surface area (Å²) in [7, 11) is 0. The van der Waals surface area contributed by atoms with Gasteiger partial charge in [-0.3, -0.25) is 0 Å². The third-order valence-corrected chi connectivity index (χ3v) is 8.47. The van der Waals surface area contributed by atoms with E-state index < -0.39 is 0 Å². The highest BCUT2D eigenvalue weighted by Gasteiger charge is 2.04. The van der Waals surface area contributed by atoms with Gasteiger partial charge in [0.1, 0.15) is 0 Å². The van der Waals surface area contributed by atoms with Crippen LogP contribution in [0.4, 0.5) is 11.4 Å². The Hall–Kier alpha value is -3.52. The molecule has 4 aromatic rings. The van der Waals surface area contributed by atoms with Gasteiger partial charge < -0.3 is 11.5 Å². The van der Waals surface area contributed by atoms with Crippen LogP contribution >= 0.6 is 0 Å². The molecule has 2 nitrogen and oxygen atoms in total. The summed E-state index contributed by atoms with van der Waals surface area (Å²) >= 11 is 0. The van der Waals surface area contributed by atoms with E-state index in [2.05, 4.69) is 86.6 Å². The molecule has 0 aliphatic rings. The van der Waals surface area contributed by atoms with E-state index in [0.717, 1.165) is 37.1 Å². The van der Waals surface area contributed by atoms with Crippen molar-refractivity contribution >= 4 is 11.4 Å². The van der Waals surface area contributed by atoms with Gasteiger partial charge in [0, 0.05) is 11.4 Å². The van der Waals surface area contributed by atoms with Crippen molar-refractivity contribution in [3.05, 3.63) is 129 Å². The minimum Gasteiger partial charge on any atom is -0.399 e. The Morgan fingerprint density at radius 1 is 0.390 bits per heavy atom. The van der Waals surface area contributed by atoms with Gasteiger partial charge >= 0.3 is 0 Å². The van der Waals surface area contributed by atoms with Gasteiger partial charge in [0.2, 0.25) is 0 Å². The zero-order valence-electron chi connectivity index (χ0n) is 25.4. The van der Waals surface area contributed by atoms with Crippen molar-refractivity contribution in [3.63, 3.8) is 0 Å². The Labute approximate surface area is 249 Å². The Kier molecular flexibility index (Phi) is 11.9. The number of rotatable bonds is 16. The molecule has 41 heavy (non-hydrogen) atoms. The number of nitrogen functional groups attached to an aromatic ring is 2. The standard InChI is InChI=1S/C39H50N2/c1-3-36-28-34(22-24-38(36)40)26-32-18-14-30(15-19-32)12-10-8-6-5-7-9-11-13-31-16-20-33(21-17-31)27-35-23-25-39(41)37(4-2)29-35/h14-25,28-29H,3-13,26-27,40-41H2,1-2H3. The molecule has 0 bridgehead atoms. The van der Waals surface area contributed by atoms with Gasteiger partial charge in [-0.15, -0.1) is 0 Å². The molecule has 0 spiro atoms. The molecular formula is C39H50N2. The summed E-state index contributed by atoms with van der Waals surface area (Å²) in [6, 6.07) is 31.4. The van der Waals surface area contributed by atoms with Crippen LogP contribution in [0.15, 0.2) is 84.9 Å². The fraction of sp³-hybridized carbons (Fsp3) is 0.385. The van der Waals surface area contributed by atoms with Crippen LogP contribution < -0.4 is 11.5 Å². The molecule has 0 heterocycles. The first-order valence-corrected chi connectivity index (χ1v) is 15.9. The highest BCUT2D eigenvalue weighted by molar-refractivity contribution is 5.50. The number of anilines is 2. The summed E-state index contributed by atoms with van der Waals surface area (Å²) < 4.78 is 0. The number of aryl methyl sites for hydroxylation is 4. The van der Waals surface area contributed by atoms with Crippen LogP contribution in [-0.4, -0.2) is 0 Å². The lowest BCUT2D eigenvalue weighted by Gasteiger charge is -2.08. The number of nitrogens with two attached hydrogens (primary N) is 2. The summed E-state index contributed by atoms with van der Waals surface area (Å²) in [4.78, 5) is 0. The Bertz CT molecular complexity index is 1230. The third-order valence-electron chi connectivity index (χ3n) is 8.47. The number of unbranched alkanes of at least 4 members (excludes halogenated alkanes) is 6. The number of benzene rings is 4. The minimum absolute atomic E-state index is 0.907. The van der Waals surface area contributed by atoms with E-state index in [-0.39, 0.29) is 0 Å². The molecule has 0 aliphatic carbocycles. The van der Waals surface area contributed by atoms with Crippen LogP contribution in [0.3, 0.4) is 0 Å². The highest BCUT2D eigenvalue weighted by atomic mass is 14.6. The van der Waals surface area contributed by atoms with E-state index in [1.807, 2.05) is 12.1 Å². The zero-order chi connectivity index (χ0) is 28.9. The molecule has 4 aromatic carbocycles. The summed E-state index contributed by atoms with van der Waals surface area (Å²) in [5, 5.41) is 0. The molecule has 0 aliphatic heterocycles. The van der Waals surface area contributed by atoms with Crippen molar-refractivity contribution in [1.82, 2.24) is 0 Å². The van der Waals surface area contributed by atoms with Crippen molar-refractivity contribution in [2.24, 2.45) is 0 Å². The average Bonchev–Trinajstić information content (AvgIpc) is 3.00. The Morgan fingerprint density at radius 3 is 1.07 bits per heavy atom. The van der Waals surface area contributed by atoms with Crippen LogP contribution in [0, 0.1) is 0 Å². The molecule has 0 saturated heterocycles. The molecule has 0 fully saturated rings. The molecular weight excluding hydrogens is 496 g/mol. The number of hydrogen-bond donors (Lipinski definition) is 2. The second-order valence-electron chi connectivity index (χ2n) is 11.7. The van der Waals surface area contributed by atoms with Crippen LogP contribution in [0.1, 0.15) is 103 Å². The van der Waals surface area contributed by atoms with Gasteiger partial charge in [-0.25, -0.2) is 0 Å². The summed E-state index contributed by atoms with van der Waals surface area (Å²) in [5.74, 6) is 0. The van der Waals surface area contributed by atoms with Crippen molar-refractivity contribution in [2.45, 2.75) is 97.3 Å². The van der Waals surface area contributed by atoms with E-state index in [9.17, 15) is 0 Å². The predicted octanol–water partition coefficient (Wildman–Crippen LogP) is 9.67. The van der Waals surface area contributed by atoms with Crippen LogP contribution in [0.25, 0.3) is 0 Å². The van der Waals surface area contributed by atoms with Crippen molar-refractivity contribution < 1.29 is 0 Å². The van der Waals surface area contributed by atoms with Gasteiger partial charge in [0.05, 0.1) is 0 Å². The van der Waals surface area contributed by atoms with E-state index in [1.54, 1.807) is 0 Å². The second kappa shape index (κ2) is 16.1. The van der Waals surface area contributed by atoms with Gasteiger partial charge in [0.15, 0.2) is 0 Å². The largest absolute Gasteiger partial charge is 0.399 e. The normalized spacial score (nSPS) is 11.2. The van der Waals surface area contributed by atoms with Crippen molar-refractivity contribution in [2.75, 3.05) is 11.5 Å². The van der Waals surface area contributed by atoms with E-state index in [1.165, 1.54) is 102 Å². The molecule has 0 amide bonds. The fourth-order valence-electron chi connectivity index (χ4n) is 5.81. The third kappa shape index (κ3) is 9.81. The Balaban J connectivity index is 1.05. The molecule has 4 N–H and O–H groups in total. The monoisotopic (exact) mass is 546 g/mol. The SMILES string of the molecule is CCc1cc(Cc2ccc(CCCCCCCCCc3ccc(Cc4ccc(N)c(CC)c4)cc3)cc2)ccc1N. The summed E-state index contributed by atoms with van der Waals surface area (Å²) in [5.41, 5.74) is 24.8. The van der Waals surface area contributed by atoms with Crippen LogP contribution in [0.2, 0.25) is 0 Å². The lowest BCUT2D eigenvalue weighted by atomic mass is 9.98. The highest BCUT2D eigenvalue weighted by Crippen LogP contribution is 2.20. The van der Waals surface area contributed by atoms with Crippen LogP contribution in [0.5, 0.6) is 0 Å². The first kappa shape index (κ1) is 30.4. The smallest absolute Gasteiger partial charge is 0.0346 e. The molecule has 4 rings (SSSR count). The average molecular weight is 547 g/mol. The number of hydrogen-bond acceptors (Lipinski definition) is 2. The topological polar surface area (TPSA) is 52.0 Å². The molecule has 216 valence electrons. The molecule has 0 saturated carbocycles. The maximum Gasteiger partial charge on any atom is 0.0346 e. The van der Waals surface area contributed by atoms with Gasteiger partial charge in [0.25, 0.3) is 0 Å². The Morgan fingerprint density at radius 2 is 0.707 bits per heavy atom. The molecule has 2 heteroatoms. The van der Waals surface area contributed by atoms with E-state index in [4.69, 9.17) is 11.5 Å². The zero-order valence-corrected chi connectivity index (χ0v) is 25.4. The molecule has 0 radical (unpaired) electrons. The van der Waals surface area contributed by atoms with Gasteiger partial charge in [-0.05, 0) is 108 Å². The lowest BCUT2D eigenvalue weighted by Crippen LogP contribution is -1.96. The maximum atomic E-state index is 6.06. The predicted molar refractivity (Wildman–Crippen MR) is 179 cm³/mol. The summed E-state index contributed by atoms with van der Waals surface area (Å²) in [6.07, 6.45) is 15.6. The second-order valence-corrected chi connectivity index (χ2v) is 11.7. The van der Waals surface area contributed by atoms with Gasteiger partial charge in [-0.2, -0.15) is 0 Å². The van der Waals surface area contributed by atoms with Gasteiger partial charge in [-0.1, -0.05) is 119 Å². The van der Waals surface area contributed by atoms with E-state index >= 15 is 0 Å². The lowest BCUT2D eigenvalue weighted by molar-refractivity contribution is 0.579. The fourth-order valence-corrected chi connectivity index (χ4v) is 5.81. The quantitative estimate of drug-likeness (QED) is 0.109. The van der Waals surface area contributed by atoms with Crippen molar-refractivity contribution in [3.8, 4) is 0 Å². The first-order valence-electron chi connectivity index (χ1n) is 15.9. The van der Waals surface area contributed by atoms with E-state index in [0.29, 0.717) is 0 Å². The first-order chi connectivity index (χ1) is 20.0. The summed E-state index contributed by atoms with van der Waals surface area (Å²) in [6.45, 7) is 4.33. The van der Waals surface area contributed by atoms with Crippen molar-refractivity contribution in [1.29, 1.82) is 0 Å². The molecule has 0 unspecified atom stereocenters. The molecule has 0 atom stereocenters. The van der Waals surface area contributed by atoms with Crippen LogP contribution in [-0.2, 0) is 38.5 Å².